The molecule has 3 rings (SSSR count). The molecule has 0 amide bonds. The zero-order chi connectivity index (χ0) is 14.8. The summed E-state index contributed by atoms with van der Waals surface area (Å²) in [5, 5.41) is 15.0. The van der Waals surface area contributed by atoms with Crippen LogP contribution in [0.25, 0.3) is 0 Å². The summed E-state index contributed by atoms with van der Waals surface area (Å²) in [5.74, 6) is 0. The molecule has 0 radical (unpaired) electrons. The molecule has 6 heteroatoms. The minimum Gasteiger partial charge on any atom is -0.308 e. The third-order valence-electron chi connectivity index (χ3n) is 4.65. The van der Waals surface area contributed by atoms with Crippen LogP contribution in [0.2, 0.25) is 5.02 Å². The molecule has 0 bridgehead atoms. The Bertz CT molecular complexity index is 538. The molecule has 2 aliphatic heterocycles. The predicted octanol–water partition coefficient (Wildman–Crippen LogP) is 2.96. The summed E-state index contributed by atoms with van der Waals surface area (Å²) >= 11 is 6.15. The number of hydrogen-bond donors (Lipinski definition) is 1. The van der Waals surface area contributed by atoms with Crippen molar-refractivity contribution >= 4 is 17.3 Å². The lowest BCUT2D eigenvalue weighted by Gasteiger charge is -2.32. The number of nitro benzene ring substituents is 1. The average molecular weight is 310 g/mol. The molecule has 0 aromatic heterocycles. The van der Waals surface area contributed by atoms with E-state index in [1.807, 2.05) is 0 Å². The summed E-state index contributed by atoms with van der Waals surface area (Å²) in [6.07, 6.45) is 5.01. The van der Waals surface area contributed by atoms with Gasteiger partial charge >= 0.3 is 0 Å². The third-order valence-corrected chi connectivity index (χ3v) is 5.02. The molecule has 2 aliphatic rings. The number of hydrogen-bond acceptors (Lipinski definition) is 4. The lowest BCUT2D eigenvalue weighted by atomic mass is 9.99. The first kappa shape index (κ1) is 14.8. The molecule has 2 unspecified atom stereocenters. The van der Waals surface area contributed by atoms with Crippen LogP contribution in [0.1, 0.15) is 31.2 Å². The van der Waals surface area contributed by atoms with Crippen molar-refractivity contribution in [2.45, 2.75) is 44.3 Å². The summed E-state index contributed by atoms with van der Waals surface area (Å²) < 4.78 is 0. The maximum absolute atomic E-state index is 10.8. The lowest BCUT2D eigenvalue weighted by Crippen LogP contribution is -2.44. The van der Waals surface area contributed by atoms with Gasteiger partial charge in [-0.3, -0.25) is 15.0 Å². The van der Waals surface area contributed by atoms with E-state index in [0.29, 0.717) is 23.7 Å². The smallest absolute Gasteiger partial charge is 0.269 e. The maximum atomic E-state index is 10.8. The maximum Gasteiger partial charge on any atom is 0.269 e. The van der Waals surface area contributed by atoms with Crippen LogP contribution in [0, 0.1) is 10.1 Å². The summed E-state index contributed by atoms with van der Waals surface area (Å²) in [6.45, 7) is 2.96. The number of nitrogens with zero attached hydrogens (tertiary/aromatic N) is 2. The van der Waals surface area contributed by atoms with Gasteiger partial charge in [0.15, 0.2) is 0 Å². The summed E-state index contributed by atoms with van der Waals surface area (Å²) in [6, 6.07) is 5.72. The van der Waals surface area contributed by atoms with Crippen LogP contribution in [-0.4, -0.2) is 35.0 Å². The molecule has 2 atom stereocenters. The van der Waals surface area contributed by atoms with Gasteiger partial charge in [0, 0.05) is 42.3 Å². The molecule has 0 aliphatic carbocycles. The fourth-order valence-electron chi connectivity index (χ4n) is 3.54. The Kier molecular flexibility index (Phi) is 4.42. The van der Waals surface area contributed by atoms with Crippen molar-refractivity contribution in [3.8, 4) is 0 Å². The van der Waals surface area contributed by atoms with Crippen molar-refractivity contribution in [1.29, 1.82) is 0 Å². The third kappa shape index (κ3) is 3.20. The number of nitro groups is 1. The number of piperidine rings is 1. The van der Waals surface area contributed by atoms with Gasteiger partial charge < -0.3 is 5.32 Å². The van der Waals surface area contributed by atoms with Gasteiger partial charge in [0.05, 0.1) is 4.92 Å². The van der Waals surface area contributed by atoms with E-state index in [9.17, 15) is 10.1 Å². The molecule has 114 valence electrons. The van der Waals surface area contributed by atoms with Crippen molar-refractivity contribution in [2.75, 3.05) is 13.1 Å². The van der Waals surface area contributed by atoms with Crippen LogP contribution < -0.4 is 5.32 Å². The first-order chi connectivity index (χ1) is 10.1. The minimum absolute atomic E-state index is 0.0990. The summed E-state index contributed by atoms with van der Waals surface area (Å²) in [4.78, 5) is 13.0. The highest BCUT2D eigenvalue weighted by Gasteiger charge is 2.35. The summed E-state index contributed by atoms with van der Waals surface area (Å²) in [5.41, 5.74) is 0.905. The molecular weight excluding hydrogens is 290 g/mol. The van der Waals surface area contributed by atoms with Gasteiger partial charge in [-0.25, -0.2) is 0 Å². The van der Waals surface area contributed by atoms with Gasteiger partial charge in [-0.15, -0.1) is 0 Å². The molecule has 1 aromatic carbocycles. The second-order valence-electron chi connectivity index (χ2n) is 5.91. The van der Waals surface area contributed by atoms with Gasteiger partial charge in [0.2, 0.25) is 0 Å². The van der Waals surface area contributed by atoms with E-state index in [4.69, 9.17) is 11.6 Å². The minimum atomic E-state index is -0.377. The van der Waals surface area contributed by atoms with Gasteiger partial charge in [-0.05, 0) is 37.4 Å². The zero-order valence-corrected chi connectivity index (χ0v) is 12.7. The van der Waals surface area contributed by atoms with E-state index in [1.54, 1.807) is 12.1 Å². The normalized spacial score (nSPS) is 25.8. The van der Waals surface area contributed by atoms with E-state index in [1.165, 1.54) is 31.9 Å². The van der Waals surface area contributed by atoms with Crippen LogP contribution in [-0.2, 0) is 6.54 Å². The van der Waals surface area contributed by atoms with Crippen LogP contribution in [0.4, 0.5) is 5.69 Å². The lowest BCUT2D eigenvalue weighted by molar-refractivity contribution is -0.384. The van der Waals surface area contributed by atoms with Gasteiger partial charge in [-0.1, -0.05) is 18.0 Å². The van der Waals surface area contributed by atoms with Crippen LogP contribution in [0.15, 0.2) is 18.2 Å². The highest BCUT2D eigenvalue weighted by atomic mass is 35.5. The molecule has 1 aromatic rings. The molecule has 21 heavy (non-hydrogen) atoms. The summed E-state index contributed by atoms with van der Waals surface area (Å²) in [7, 11) is 0. The molecular formula is C15H20ClN3O2. The van der Waals surface area contributed by atoms with Crippen LogP contribution >= 0.6 is 11.6 Å². The number of halogens is 1. The zero-order valence-electron chi connectivity index (χ0n) is 11.9. The Morgan fingerprint density at radius 2 is 2.19 bits per heavy atom. The number of rotatable bonds is 4. The SMILES string of the molecule is O=[N+]([O-])c1ccc(Cl)c(CNC2CCN3CCCCC23)c1. The van der Waals surface area contributed by atoms with Gasteiger partial charge in [0.25, 0.3) is 5.69 Å². The standard InChI is InChI=1S/C15H20ClN3O2/c16-13-5-4-12(19(20)21)9-11(13)10-17-14-6-8-18-7-2-1-3-15(14)18/h4-5,9,14-15,17H,1-3,6-8,10H2. The van der Waals surface area contributed by atoms with E-state index in [2.05, 4.69) is 10.2 Å². The molecule has 2 heterocycles. The largest absolute Gasteiger partial charge is 0.308 e. The highest BCUT2D eigenvalue weighted by molar-refractivity contribution is 6.31. The highest BCUT2D eigenvalue weighted by Crippen LogP contribution is 2.28. The van der Waals surface area contributed by atoms with E-state index in [0.717, 1.165) is 18.5 Å². The second-order valence-corrected chi connectivity index (χ2v) is 6.32. The number of fused-ring (bicyclic) bond motifs is 1. The molecule has 2 fully saturated rings. The van der Waals surface area contributed by atoms with Crippen molar-refractivity contribution in [3.05, 3.63) is 38.9 Å². The Morgan fingerprint density at radius 1 is 1.33 bits per heavy atom. The van der Waals surface area contributed by atoms with Crippen molar-refractivity contribution in [1.82, 2.24) is 10.2 Å². The Morgan fingerprint density at radius 3 is 3.00 bits per heavy atom. The quantitative estimate of drug-likeness (QED) is 0.686. The molecule has 5 nitrogen and oxygen atoms in total. The van der Waals surface area contributed by atoms with Crippen LogP contribution in [0.3, 0.4) is 0 Å². The van der Waals surface area contributed by atoms with E-state index >= 15 is 0 Å². The topological polar surface area (TPSA) is 58.4 Å². The second kappa shape index (κ2) is 6.30. The van der Waals surface area contributed by atoms with Gasteiger partial charge in [-0.2, -0.15) is 0 Å². The Labute approximate surface area is 129 Å². The van der Waals surface area contributed by atoms with Crippen molar-refractivity contribution in [3.63, 3.8) is 0 Å². The first-order valence-corrected chi connectivity index (χ1v) is 7.93. The number of nitrogens with one attached hydrogen (secondary N) is 1. The van der Waals surface area contributed by atoms with Crippen LogP contribution in [0.5, 0.6) is 0 Å². The number of non-ortho nitro benzene ring substituents is 1. The van der Waals surface area contributed by atoms with Gasteiger partial charge in [0.1, 0.15) is 0 Å². The molecule has 2 saturated heterocycles. The van der Waals surface area contributed by atoms with Crippen molar-refractivity contribution in [2.24, 2.45) is 0 Å². The predicted molar refractivity (Wildman–Crippen MR) is 82.6 cm³/mol. The average Bonchev–Trinajstić information content (AvgIpc) is 2.89. The fourth-order valence-corrected chi connectivity index (χ4v) is 3.72. The Hall–Kier alpha value is -1.17. The van der Waals surface area contributed by atoms with E-state index < -0.39 is 0 Å². The molecule has 0 saturated carbocycles. The number of benzene rings is 1. The van der Waals surface area contributed by atoms with Crippen molar-refractivity contribution < 1.29 is 4.92 Å². The molecule has 1 N–H and O–H groups in total. The monoisotopic (exact) mass is 309 g/mol. The first-order valence-electron chi connectivity index (χ1n) is 7.55. The Balaban J connectivity index is 1.65. The molecule has 0 spiro atoms. The van der Waals surface area contributed by atoms with E-state index in [-0.39, 0.29) is 10.6 Å². The fraction of sp³-hybridized carbons (Fsp3) is 0.600.